The molecule has 0 spiro atoms. The number of rotatable bonds is 4. The number of nitrogen functional groups attached to an aromatic ring is 1. The number of aryl methyl sites for hydroxylation is 1. The summed E-state index contributed by atoms with van der Waals surface area (Å²) in [5.41, 5.74) is 12.5. The van der Waals surface area contributed by atoms with Gasteiger partial charge in [-0.05, 0) is 55.7 Å². The standard InChI is InChI=1S/C20H25ClFN5O2/c1-27-18(24)16(19(28)25-13-2-3-15(22)14(21)6-13)17(26-27)10-4-11-7-20(29,9-23)8-12(11)5-10/h2-3,6,10-12,29H,4-5,7-9,23-24H2,1H3,(H,25,28). The lowest BCUT2D eigenvalue weighted by Gasteiger charge is -2.22. The minimum Gasteiger partial charge on any atom is -0.389 e. The zero-order chi connectivity index (χ0) is 20.9. The van der Waals surface area contributed by atoms with E-state index in [1.54, 1.807) is 7.05 Å². The molecule has 2 aliphatic rings. The Hall–Kier alpha value is -2.16. The van der Waals surface area contributed by atoms with Gasteiger partial charge in [0, 0.05) is 25.2 Å². The lowest BCUT2D eigenvalue weighted by Crippen LogP contribution is -2.35. The highest BCUT2D eigenvalue weighted by Crippen LogP contribution is 2.54. The van der Waals surface area contributed by atoms with E-state index in [1.165, 1.54) is 22.9 Å². The number of aliphatic hydroxyl groups is 1. The zero-order valence-electron chi connectivity index (χ0n) is 16.2. The highest BCUT2D eigenvalue weighted by atomic mass is 35.5. The van der Waals surface area contributed by atoms with E-state index in [9.17, 15) is 14.3 Å². The van der Waals surface area contributed by atoms with Crippen LogP contribution >= 0.6 is 11.6 Å². The number of nitrogens with two attached hydrogens (primary N) is 2. The number of nitrogens with zero attached hydrogens (tertiary/aromatic N) is 2. The number of amides is 1. The predicted octanol–water partition coefficient (Wildman–Crippen LogP) is 2.64. The number of anilines is 2. The second-order valence-electron chi connectivity index (χ2n) is 8.38. The first-order valence-corrected chi connectivity index (χ1v) is 10.1. The molecular formula is C20H25ClFN5O2. The van der Waals surface area contributed by atoms with Crippen molar-refractivity contribution in [1.82, 2.24) is 9.78 Å². The molecule has 1 heterocycles. The Morgan fingerprint density at radius 3 is 2.66 bits per heavy atom. The van der Waals surface area contributed by atoms with E-state index < -0.39 is 17.3 Å². The van der Waals surface area contributed by atoms with Gasteiger partial charge in [-0.25, -0.2) is 4.39 Å². The third-order valence-corrected chi connectivity index (χ3v) is 6.70. The summed E-state index contributed by atoms with van der Waals surface area (Å²) in [5.74, 6) is 0.145. The summed E-state index contributed by atoms with van der Waals surface area (Å²) in [6, 6.07) is 4.00. The lowest BCUT2D eigenvalue weighted by molar-refractivity contribution is 0.0471. The van der Waals surface area contributed by atoms with Crippen molar-refractivity contribution >= 4 is 29.0 Å². The normalized spacial score (nSPS) is 28.5. The molecule has 29 heavy (non-hydrogen) atoms. The van der Waals surface area contributed by atoms with E-state index in [-0.39, 0.29) is 23.3 Å². The molecule has 0 aliphatic heterocycles. The minimum atomic E-state index is -0.772. The van der Waals surface area contributed by atoms with Gasteiger partial charge in [0.05, 0.1) is 16.3 Å². The van der Waals surface area contributed by atoms with Gasteiger partial charge in [-0.15, -0.1) is 0 Å². The second-order valence-corrected chi connectivity index (χ2v) is 8.78. The van der Waals surface area contributed by atoms with Crippen LogP contribution in [0.5, 0.6) is 0 Å². The smallest absolute Gasteiger partial charge is 0.261 e. The fraction of sp³-hybridized carbons (Fsp3) is 0.500. The Balaban J connectivity index is 1.57. The molecule has 1 aromatic heterocycles. The van der Waals surface area contributed by atoms with Crippen LogP contribution in [0.2, 0.25) is 5.02 Å². The topological polar surface area (TPSA) is 119 Å². The molecule has 2 aliphatic carbocycles. The van der Waals surface area contributed by atoms with Crippen molar-refractivity contribution in [1.29, 1.82) is 0 Å². The zero-order valence-corrected chi connectivity index (χ0v) is 16.9. The number of hydrogen-bond acceptors (Lipinski definition) is 5. The summed E-state index contributed by atoms with van der Waals surface area (Å²) >= 11 is 5.81. The third-order valence-electron chi connectivity index (χ3n) is 6.42. The minimum absolute atomic E-state index is 0.0711. The molecule has 2 saturated carbocycles. The molecule has 2 atom stereocenters. The molecule has 1 aromatic carbocycles. The van der Waals surface area contributed by atoms with Crippen LogP contribution in [0.3, 0.4) is 0 Å². The van der Waals surface area contributed by atoms with Crippen molar-refractivity contribution in [3.05, 3.63) is 40.3 Å². The maximum Gasteiger partial charge on any atom is 0.261 e. The van der Waals surface area contributed by atoms with Crippen LogP contribution in [0.1, 0.15) is 47.7 Å². The molecule has 9 heteroatoms. The van der Waals surface area contributed by atoms with Crippen LogP contribution in [0, 0.1) is 17.7 Å². The summed E-state index contributed by atoms with van der Waals surface area (Å²) in [6.07, 6.45) is 3.04. The number of carbonyl (C=O) groups is 1. The van der Waals surface area contributed by atoms with Gasteiger partial charge in [-0.3, -0.25) is 9.48 Å². The van der Waals surface area contributed by atoms with E-state index >= 15 is 0 Å². The largest absolute Gasteiger partial charge is 0.389 e. The lowest BCUT2D eigenvalue weighted by atomic mass is 9.91. The molecule has 156 valence electrons. The molecule has 0 radical (unpaired) electrons. The number of aromatic nitrogens is 2. The van der Waals surface area contributed by atoms with Crippen molar-refractivity contribution in [3.63, 3.8) is 0 Å². The average molecular weight is 422 g/mol. The van der Waals surface area contributed by atoms with Crippen molar-refractivity contribution < 1.29 is 14.3 Å². The van der Waals surface area contributed by atoms with Crippen molar-refractivity contribution in [2.24, 2.45) is 24.6 Å². The van der Waals surface area contributed by atoms with Gasteiger partial charge in [-0.2, -0.15) is 5.10 Å². The van der Waals surface area contributed by atoms with Crippen molar-refractivity contribution in [2.45, 2.75) is 37.2 Å². The first-order chi connectivity index (χ1) is 13.7. The van der Waals surface area contributed by atoms with E-state index in [1.807, 2.05) is 0 Å². The summed E-state index contributed by atoms with van der Waals surface area (Å²) in [6.45, 7) is 0.273. The van der Waals surface area contributed by atoms with Crippen LogP contribution in [0.4, 0.5) is 15.9 Å². The molecule has 1 amide bonds. The van der Waals surface area contributed by atoms with Crippen molar-refractivity contribution in [3.8, 4) is 0 Å². The average Bonchev–Trinajstić information content (AvgIpc) is 3.28. The van der Waals surface area contributed by atoms with E-state index in [2.05, 4.69) is 10.4 Å². The molecule has 4 rings (SSSR count). The van der Waals surface area contributed by atoms with E-state index in [0.717, 1.165) is 12.8 Å². The summed E-state index contributed by atoms with van der Waals surface area (Å²) in [7, 11) is 1.70. The van der Waals surface area contributed by atoms with Crippen LogP contribution in [-0.4, -0.2) is 32.9 Å². The summed E-state index contributed by atoms with van der Waals surface area (Å²) in [4.78, 5) is 13.0. The number of carbonyl (C=O) groups excluding carboxylic acids is 1. The summed E-state index contributed by atoms with van der Waals surface area (Å²) < 4.78 is 14.9. The molecule has 2 fully saturated rings. The molecule has 7 nitrogen and oxygen atoms in total. The predicted molar refractivity (Wildman–Crippen MR) is 109 cm³/mol. The number of benzene rings is 1. The van der Waals surface area contributed by atoms with Gasteiger partial charge >= 0.3 is 0 Å². The van der Waals surface area contributed by atoms with Crippen LogP contribution in [-0.2, 0) is 7.05 Å². The number of hydrogen-bond donors (Lipinski definition) is 4. The Morgan fingerprint density at radius 2 is 2.07 bits per heavy atom. The highest BCUT2D eigenvalue weighted by molar-refractivity contribution is 6.31. The molecular weight excluding hydrogens is 397 g/mol. The first kappa shape index (κ1) is 20.1. The van der Waals surface area contributed by atoms with Crippen LogP contribution in [0.25, 0.3) is 0 Å². The maximum atomic E-state index is 13.4. The monoisotopic (exact) mass is 421 g/mol. The van der Waals surface area contributed by atoms with Gasteiger partial charge < -0.3 is 21.9 Å². The van der Waals surface area contributed by atoms with Gasteiger partial charge in [0.15, 0.2) is 0 Å². The molecule has 2 aromatic rings. The Labute approximate surface area is 173 Å². The third kappa shape index (κ3) is 3.60. The maximum absolute atomic E-state index is 13.4. The van der Waals surface area contributed by atoms with Gasteiger partial charge in [-0.1, -0.05) is 11.6 Å². The molecule has 6 N–H and O–H groups in total. The first-order valence-electron chi connectivity index (χ1n) is 9.72. The Bertz CT molecular complexity index is 949. The van der Waals surface area contributed by atoms with Gasteiger partial charge in [0.25, 0.3) is 5.91 Å². The molecule has 0 saturated heterocycles. The van der Waals surface area contributed by atoms with Crippen LogP contribution < -0.4 is 16.8 Å². The number of nitrogens with one attached hydrogen (secondary N) is 1. The highest BCUT2D eigenvalue weighted by Gasteiger charge is 2.49. The fourth-order valence-electron chi connectivity index (χ4n) is 5.01. The fourth-order valence-corrected chi connectivity index (χ4v) is 5.19. The van der Waals surface area contributed by atoms with Gasteiger partial charge in [0.2, 0.25) is 0 Å². The van der Waals surface area contributed by atoms with Gasteiger partial charge in [0.1, 0.15) is 17.2 Å². The second kappa shape index (κ2) is 7.27. The molecule has 0 bridgehead atoms. The Kier molecular flexibility index (Phi) is 5.04. The SMILES string of the molecule is Cn1nc(C2CC3CC(O)(CN)CC3C2)c(C(=O)Nc2ccc(F)c(Cl)c2)c1N. The quantitative estimate of drug-likeness (QED) is 0.605. The Morgan fingerprint density at radius 1 is 1.41 bits per heavy atom. The number of fused-ring (bicyclic) bond motifs is 1. The van der Waals surface area contributed by atoms with E-state index in [0.29, 0.717) is 41.6 Å². The van der Waals surface area contributed by atoms with Crippen LogP contribution in [0.15, 0.2) is 18.2 Å². The van der Waals surface area contributed by atoms with E-state index in [4.69, 9.17) is 23.1 Å². The molecule has 2 unspecified atom stereocenters. The number of halogens is 2. The summed E-state index contributed by atoms with van der Waals surface area (Å²) in [5, 5.41) is 17.7. The van der Waals surface area contributed by atoms with Crippen molar-refractivity contribution in [2.75, 3.05) is 17.6 Å².